The van der Waals surface area contributed by atoms with Gasteiger partial charge < -0.3 is 35.9 Å². The summed E-state index contributed by atoms with van der Waals surface area (Å²) in [5, 5.41) is 6.83. The Kier molecular flexibility index (Phi) is 11.5. The summed E-state index contributed by atoms with van der Waals surface area (Å²) in [6, 6.07) is 8.88. The number of nitrogens with two attached hydrogens (primary N) is 1. The van der Waals surface area contributed by atoms with Crippen molar-refractivity contribution in [2.24, 2.45) is 0 Å². The Morgan fingerprint density at radius 1 is 0.980 bits per heavy atom. The van der Waals surface area contributed by atoms with E-state index in [1.165, 1.54) is 11.1 Å². The van der Waals surface area contributed by atoms with Gasteiger partial charge in [-0.3, -0.25) is 9.69 Å². The molecule has 0 aliphatic carbocycles. The number of nitrogens with one attached hydrogen (secondary N) is 2. The first-order valence-corrected chi connectivity index (χ1v) is 18.0. The Hall–Kier alpha value is -3.79. The number of nitrogen functional groups attached to an aromatic ring is 1. The number of para-hydroxylation sites is 1. The molecule has 0 saturated carbocycles. The minimum absolute atomic E-state index is 0.0529. The van der Waals surface area contributed by atoms with E-state index in [0.717, 1.165) is 49.7 Å². The molecule has 16 heteroatoms. The van der Waals surface area contributed by atoms with E-state index >= 15 is 0 Å². The van der Waals surface area contributed by atoms with E-state index in [1.807, 2.05) is 29.2 Å². The highest BCUT2D eigenvalue weighted by atomic mass is 35.5. The van der Waals surface area contributed by atoms with E-state index in [4.69, 9.17) is 22.2 Å². The number of fused-ring (bicyclic) bond motifs is 1. The van der Waals surface area contributed by atoms with Crippen LogP contribution in [0.3, 0.4) is 0 Å². The molecule has 0 aromatic heterocycles. The van der Waals surface area contributed by atoms with Gasteiger partial charge in [0, 0.05) is 70.0 Å². The average molecular weight is 735 g/mol. The van der Waals surface area contributed by atoms with E-state index in [0.29, 0.717) is 64.7 Å². The maximum absolute atomic E-state index is 13.9. The third-order valence-electron chi connectivity index (χ3n) is 10.6. The van der Waals surface area contributed by atoms with E-state index < -0.39 is 35.5 Å². The Bertz CT molecular complexity index is 1570. The zero-order valence-electron chi connectivity index (χ0n) is 28.8. The number of hydrogen-bond donors (Lipinski definition) is 3. The Morgan fingerprint density at radius 2 is 1.65 bits per heavy atom. The lowest BCUT2D eigenvalue weighted by Crippen LogP contribution is -2.58. The number of nitrogens with zero attached hydrogens (tertiary/aromatic N) is 5. The van der Waals surface area contributed by atoms with E-state index in [-0.39, 0.29) is 29.1 Å². The van der Waals surface area contributed by atoms with Crippen molar-refractivity contribution in [1.29, 1.82) is 0 Å². The van der Waals surface area contributed by atoms with Crippen LogP contribution in [0.1, 0.15) is 42.4 Å². The fraction of sp³-hybridized carbons (Fsp3) is 0.571. The van der Waals surface area contributed by atoms with Gasteiger partial charge in [-0.2, -0.15) is 13.2 Å². The third kappa shape index (κ3) is 8.99. The maximum atomic E-state index is 13.9. The molecule has 12 nitrogen and oxygen atoms in total. The van der Waals surface area contributed by atoms with Crippen molar-refractivity contribution in [3.63, 3.8) is 0 Å². The number of carbonyl (C=O) groups excluding carboxylic acids is 3. The highest BCUT2D eigenvalue weighted by Gasteiger charge is 2.37. The number of piperazine rings is 1. The third-order valence-corrected chi connectivity index (χ3v) is 10.9. The highest BCUT2D eigenvalue weighted by molar-refractivity contribution is 6.33. The summed E-state index contributed by atoms with van der Waals surface area (Å²) in [6.45, 7) is 5.50. The van der Waals surface area contributed by atoms with Gasteiger partial charge in [0.05, 0.1) is 16.3 Å². The van der Waals surface area contributed by atoms with Gasteiger partial charge in [-0.25, -0.2) is 9.59 Å². The van der Waals surface area contributed by atoms with Gasteiger partial charge in [-0.05, 0) is 81.6 Å². The fourth-order valence-corrected chi connectivity index (χ4v) is 7.86. The topological polar surface area (TPSA) is 127 Å². The van der Waals surface area contributed by atoms with Crippen molar-refractivity contribution in [3.05, 3.63) is 58.1 Å². The molecular formula is C35H46ClF3N8O4. The molecule has 4 heterocycles. The van der Waals surface area contributed by atoms with Crippen molar-refractivity contribution in [1.82, 2.24) is 30.0 Å². The first kappa shape index (κ1) is 37.0. The standard InChI is InChI=1S/C35H46ClF3N8O4/c1-43-11-7-25(8-12-43)44-16-18-45(19-17-44)32(48)30(22-23-20-27(35(37,38)39)31(40)28(36)21-23)42-34(50)51-46-13-9-26(10-14-46)47-15-6-24-4-2-3-5-29(24)41-33(47)49/h2-5,20-21,25-26,30H,6-19,22,40H2,1H3,(H,41,49)(H,42,50)/t30-/m1/s1. The SMILES string of the molecule is CN1CCC(N2CCN(C(=O)[C@@H](Cc3cc(Cl)c(N)c(C(F)(F)F)c3)NC(=O)ON3CCC(N4CCc5ccccc5NC4=O)CC3)CC2)CC1. The van der Waals surface area contributed by atoms with Gasteiger partial charge in [0.1, 0.15) is 6.04 Å². The molecule has 4 amide bonds. The number of benzene rings is 2. The minimum Gasteiger partial charge on any atom is -0.397 e. The predicted molar refractivity (Wildman–Crippen MR) is 187 cm³/mol. The molecule has 3 saturated heterocycles. The van der Waals surface area contributed by atoms with Crippen LogP contribution in [0, 0.1) is 0 Å². The van der Waals surface area contributed by atoms with E-state index in [9.17, 15) is 27.6 Å². The minimum atomic E-state index is -4.76. The van der Waals surface area contributed by atoms with Crippen LogP contribution in [-0.4, -0.2) is 127 Å². The number of hydrogen-bond acceptors (Lipinski definition) is 8. The average Bonchev–Trinajstić information content (AvgIpc) is 3.27. The summed E-state index contributed by atoms with van der Waals surface area (Å²) >= 11 is 6.10. The number of hydroxylamine groups is 2. The lowest BCUT2D eigenvalue weighted by Gasteiger charge is -2.42. The maximum Gasteiger partial charge on any atom is 0.426 e. The van der Waals surface area contributed by atoms with E-state index in [2.05, 4.69) is 27.5 Å². The second kappa shape index (κ2) is 15.8. The zero-order chi connectivity index (χ0) is 36.3. The normalized spacial score (nSPS) is 21.1. The molecule has 0 bridgehead atoms. The number of piperidine rings is 2. The van der Waals surface area contributed by atoms with Gasteiger partial charge in [-0.1, -0.05) is 29.8 Å². The Balaban J connectivity index is 1.08. The number of rotatable bonds is 7. The lowest BCUT2D eigenvalue weighted by atomic mass is 10.00. The fourth-order valence-electron chi connectivity index (χ4n) is 7.62. The summed E-state index contributed by atoms with van der Waals surface area (Å²) < 4.78 is 41.4. The molecule has 3 fully saturated rings. The Labute approximate surface area is 300 Å². The molecule has 1 atom stereocenters. The van der Waals surface area contributed by atoms with Gasteiger partial charge >= 0.3 is 18.3 Å². The number of alkyl halides is 3. The number of halogens is 4. The van der Waals surface area contributed by atoms with Crippen LogP contribution >= 0.6 is 11.6 Å². The second-order valence-electron chi connectivity index (χ2n) is 13.9. The molecule has 51 heavy (non-hydrogen) atoms. The molecule has 6 rings (SSSR count). The van der Waals surface area contributed by atoms with Gasteiger partial charge in [0.15, 0.2) is 0 Å². The molecule has 4 aliphatic heterocycles. The van der Waals surface area contributed by atoms with Crippen LogP contribution in [-0.2, 0) is 28.7 Å². The zero-order valence-corrected chi connectivity index (χ0v) is 29.5. The van der Waals surface area contributed by atoms with E-state index in [1.54, 1.807) is 4.90 Å². The number of likely N-dealkylation sites (tertiary alicyclic amines) is 1. The van der Waals surface area contributed by atoms with Crippen LogP contribution in [0.25, 0.3) is 0 Å². The first-order valence-electron chi connectivity index (χ1n) is 17.6. The van der Waals surface area contributed by atoms with Crippen LogP contribution in [0.4, 0.5) is 34.1 Å². The molecule has 4 aliphatic rings. The molecule has 0 radical (unpaired) electrons. The highest BCUT2D eigenvalue weighted by Crippen LogP contribution is 2.38. The predicted octanol–water partition coefficient (Wildman–Crippen LogP) is 4.29. The number of anilines is 2. The summed E-state index contributed by atoms with van der Waals surface area (Å²) in [6.07, 6.45) is -1.95. The lowest BCUT2D eigenvalue weighted by molar-refractivity contribution is -0.138. The van der Waals surface area contributed by atoms with Crippen molar-refractivity contribution in [3.8, 4) is 0 Å². The first-order chi connectivity index (χ1) is 24.4. The number of urea groups is 1. The smallest absolute Gasteiger partial charge is 0.397 e. The van der Waals surface area contributed by atoms with Crippen molar-refractivity contribution >= 4 is 41.0 Å². The van der Waals surface area contributed by atoms with Crippen molar-refractivity contribution in [2.75, 3.05) is 77.0 Å². The summed E-state index contributed by atoms with van der Waals surface area (Å²) in [5.41, 5.74) is 5.93. The molecule has 2 aromatic carbocycles. The van der Waals surface area contributed by atoms with Crippen LogP contribution in [0.2, 0.25) is 5.02 Å². The molecular weight excluding hydrogens is 689 g/mol. The second-order valence-corrected chi connectivity index (χ2v) is 14.3. The number of amides is 4. The van der Waals surface area contributed by atoms with Crippen molar-refractivity contribution in [2.45, 2.75) is 62.8 Å². The molecule has 4 N–H and O–H groups in total. The largest absolute Gasteiger partial charge is 0.426 e. The molecule has 0 spiro atoms. The van der Waals surface area contributed by atoms with Crippen LogP contribution in [0.15, 0.2) is 36.4 Å². The number of carbonyl (C=O) groups is 3. The Morgan fingerprint density at radius 3 is 2.33 bits per heavy atom. The van der Waals surface area contributed by atoms with Gasteiger partial charge in [0.2, 0.25) is 5.91 Å². The monoisotopic (exact) mass is 734 g/mol. The molecule has 2 aromatic rings. The summed E-state index contributed by atoms with van der Waals surface area (Å²) in [4.78, 5) is 54.0. The van der Waals surface area contributed by atoms with Gasteiger partial charge in [0.25, 0.3) is 0 Å². The summed E-state index contributed by atoms with van der Waals surface area (Å²) in [5.74, 6) is -0.414. The van der Waals surface area contributed by atoms with Crippen molar-refractivity contribution < 1.29 is 32.4 Å². The van der Waals surface area contributed by atoms with Gasteiger partial charge in [-0.15, -0.1) is 5.06 Å². The van der Waals surface area contributed by atoms with Crippen LogP contribution < -0.4 is 16.4 Å². The quantitative estimate of drug-likeness (QED) is 0.360. The molecule has 0 unspecified atom stereocenters. The molecule has 278 valence electrons. The summed E-state index contributed by atoms with van der Waals surface area (Å²) in [7, 11) is 2.11. The van der Waals surface area contributed by atoms with Crippen LogP contribution in [0.5, 0.6) is 0 Å².